The Bertz CT molecular complexity index is 1630. The molecule has 0 amide bonds. The summed E-state index contributed by atoms with van der Waals surface area (Å²) >= 11 is 0. The van der Waals surface area contributed by atoms with Crippen LogP contribution in [-0.4, -0.2) is 38.7 Å². The number of nitrogens with zero attached hydrogens (tertiary/aromatic N) is 4. The third-order valence-corrected chi connectivity index (χ3v) is 9.11. The Morgan fingerprint density at radius 3 is 2.56 bits per heavy atom. The highest BCUT2D eigenvalue weighted by atomic mass is 19.1. The van der Waals surface area contributed by atoms with Crippen molar-refractivity contribution in [2.75, 3.05) is 18.0 Å². The molecular formula is C34H38F2N4O3. The molecule has 2 aliphatic rings. The number of pyridine rings is 1. The van der Waals surface area contributed by atoms with Crippen molar-refractivity contribution in [3.8, 4) is 5.75 Å². The van der Waals surface area contributed by atoms with Crippen molar-refractivity contribution < 1.29 is 23.4 Å². The second-order valence-electron chi connectivity index (χ2n) is 12.2. The fourth-order valence-corrected chi connectivity index (χ4v) is 6.51. The number of carbonyl (C=O) groups is 1. The van der Waals surface area contributed by atoms with Gasteiger partial charge >= 0.3 is 5.97 Å². The number of imidazole rings is 1. The standard InChI is InChI=1S/C34H38F2N4O3/c1-21-11-13-39(14-12-21)24-8-7-23(28(35)16-24)19-40-32-17-25(43-20-31-29(36)15-22(2)18-37-31)9-10-30(32)38-33(40)26-5-3-4-6-27(26)34(41)42/h7-10,15-18,21,26-27H,3-6,11-14,19-20H2,1-2H3,(H,41,42)/t26-,27+/m0/s1. The third-order valence-electron chi connectivity index (χ3n) is 9.11. The normalized spacial score (nSPS) is 19.6. The number of piperidine rings is 1. The topological polar surface area (TPSA) is 80.5 Å². The first kappa shape index (κ1) is 29.1. The molecule has 1 aliphatic heterocycles. The van der Waals surface area contributed by atoms with Gasteiger partial charge in [-0.1, -0.05) is 25.8 Å². The minimum atomic E-state index is -0.827. The highest BCUT2D eigenvalue weighted by Crippen LogP contribution is 2.40. The lowest BCUT2D eigenvalue weighted by Gasteiger charge is -2.32. The van der Waals surface area contributed by atoms with Gasteiger partial charge in [-0.05, 0) is 74.4 Å². The Labute approximate surface area is 250 Å². The van der Waals surface area contributed by atoms with Crippen LogP contribution in [0.25, 0.3) is 11.0 Å². The maximum absolute atomic E-state index is 15.7. The average Bonchev–Trinajstić information content (AvgIpc) is 3.35. The van der Waals surface area contributed by atoms with Gasteiger partial charge in [-0.2, -0.15) is 0 Å². The zero-order chi connectivity index (χ0) is 30.1. The van der Waals surface area contributed by atoms with Crippen LogP contribution in [0.3, 0.4) is 0 Å². The Balaban J connectivity index is 1.35. The van der Waals surface area contributed by atoms with Crippen molar-refractivity contribution in [2.45, 2.75) is 71.4 Å². The fraction of sp³-hybridized carbons (Fsp3) is 0.441. The summed E-state index contributed by atoms with van der Waals surface area (Å²) in [6.45, 7) is 6.02. The molecule has 0 bridgehead atoms. The molecule has 1 saturated carbocycles. The summed E-state index contributed by atoms with van der Waals surface area (Å²) < 4.78 is 37.9. The SMILES string of the molecule is Cc1cnc(COc2ccc3nc([C@H]4CCCC[C@H]4C(=O)O)n(Cc4ccc(N5CCC(C)CC5)cc4F)c3c2)c(F)c1. The summed E-state index contributed by atoms with van der Waals surface area (Å²) in [7, 11) is 0. The molecule has 1 saturated heterocycles. The van der Waals surface area contributed by atoms with Crippen molar-refractivity contribution in [3.05, 3.63) is 82.9 Å². The molecule has 2 aromatic heterocycles. The van der Waals surface area contributed by atoms with Gasteiger partial charge in [0.15, 0.2) is 0 Å². The number of hydrogen-bond donors (Lipinski definition) is 1. The smallest absolute Gasteiger partial charge is 0.307 e. The fourth-order valence-electron chi connectivity index (χ4n) is 6.51. The summed E-state index contributed by atoms with van der Waals surface area (Å²) in [6.07, 6.45) is 6.86. The number of rotatable bonds is 8. The summed E-state index contributed by atoms with van der Waals surface area (Å²) in [5.41, 5.74) is 3.72. The second-order valence-corrected chi connectivity index (χ2v) is 12.2. The highest BCUT2D eigenvalue weighted by Gasteiger charge is 2.35. The first-order valence-corrected chi connectivity index (χ1v) is 15.3. The van der Waals surface area contributed by atoms with Crippen LogP contribution in [0.15, 0.2) is 48.7 Å². The summed E-state index contributed by atoms with van der Waals surface area (Å²) in [4.78, 5) is 23.6. The molecule has 7 nitrogen and oxygen atoms in total. The van der Waals surface area contributed by atoms with E-state index >= 15 is 4.39 Å². The van der Waals surface area contributed by atoms with Gasteiger partial charge in [-0.15, -0.1) is 0 Å². The molecule has 0 unspecified atom stereocenters. The number of hydrogen-bond acceptors (Lipinski definition) is 5. The molecule has 0 radical (unpaired) electrons. The Morgan fingerprint density at radius 2 is 1.81 bits per heavy atom. The van der Waals surface area contributed by atoms with Crippen LogP contribution in [0.1, 0.15) is 74.0 Å². The third kappa shape index (κ3) is 6.21. The predicted molar refractivity (Wildman–Crippen MR) is 161 cm³/mol. The van der Waals surface area contributed by atoms with Gasteiger partial charge < -0.3 is 19.3 Å². The quantitative estimate of drug-likeness (QED) is 0.234. The maximum atomic E-state index is 15.7. The van der Waals surface area contributed by atoms with Gasteiger partial charge in [0.2, 0.25) is 0 Å². The molecule has 4 aromatic rings. The molecule has 0 spiro atoms. The maximum Gasteiger partial charge on any atom is 0.307 e. The number of benzene rings is 2. The van der Waals surface area contributed by atoms with Crippen LogP contribution in [0.4, 0.5) is 14.5 Å². The van der Waals surface area contributed by atoms with Gasteiger partial charge in [0.05, 0.1) is 23.5 Å². The highest BCUT2D eigenvalue weighted by molar-refractivity contribution is 5.79. The molecule has 6 rings (SSSR count). The Hall–Kier alpha value is -4.01. The van der Waals surface area contributed by atoms with Crippen LogP contribution in [0.2, 0.25) is 0 Å². The number of carboxylic acids is 1. The Kier molecular flexibility index (Phi) is 8.32. The zero-order valence-electron chi connectivity index (χ0n) is 24.7. The van der Waals surface area contributed by atoms with E-state index in [1.807, 2.05) is 28.8 Å². The molecular weight excluding hydrogens is 550 g/mol. The van der Waals surface area contributed by atoms with E-state index in [0.29, 0.717) is 46.9 Å². The average molecular weight is 589 g/mol. The molecule has 3 heterocycles. The van der Waals surface area contributed by atoms with Gasteiger partial charge in [-0.3, -0.25) is 9.78 Å². The van der Waals surface area contributed by atoms with E-state index in [1.54, 1.807) is 25.3 Å². The molecule has 1 N–H and O–H groups in total. The van der Waals surface area contributed by atoms with Crippen LogP contribution >= 0.6 is 0 Å². The van der Waals surface area contributed by atoms with Crippen molar-refractivity contribution in [1.29, 1.82) is 0 Å². The Morgan fingerprint density at radius 1 is 1.02 bits per heavy atom. The summed E-state index contributed by atoms with van der Waals surface area (Å²) in [5, 5.41) is 10.0. The van der Waals surface area contributed by atoms with Crippen LogP contribution < -0.4 is 9.64 Å². The predicted octanol–water partition coefficient (Wildman–Crippen LogP) is 7.24. The first-order valence-electron chi connectivity index (χ1n) is 15.3. The molecule has 1 aliphatic carbocycles. The van der Waals surface area contributed by atoms with Crippen LogP contribution in [-0.2, 0) is 17.9 Å². The van der Waals surface area contributed by atoms with Gasteiger partial charge in [0, 0.05) is 42.5 Å². The molecule has 2 aromatic carbocycles. The molecule has 2 atom stereocenters. The number of aliphatic carboxylic acids is 1. The number of halogens is 2. The monoisotopic (exact) mass is 588 g/mol. The number of ether oxygens (including phenoxy) is 1. The van der Waals surface area contributed by atoms with Gasteiger partial charge in [-0.25, -0.2) is 13.8 Å². The van der Waals surface area contributed by atoms with Gasteiger partial charge in [0.25, 0.3) is 0 Å². The lowest BCUT2D eigenvalue weighted by Crippen LogP contribution is -2.32. The van der Waals surface area contributed by atoms with E-state index in [9.17, 15) is 14.3 Å². The van der Waals surface area contributed by atoms with Crippen LogP contribution in [0, 0.1) is 30.4 Å². The van der Waals surface area contributed by atoms with Crippen molar-refractivity contribution in [2.24, 2.45) is 11.8 Å². The van der Waals surface area contributed by atoms with Gasteiger partial charge in [0.1, 0.15) is 35.5 Å². The number of fused-ring (bicyclic) bond motifs is 1. The van der Waals surface area contributed by atoms with E-state index in [0.717, 1.165) is 50.0 Å². The lowest BCUT2D eigenvalue weighted by atomic mass is 9.78. The van der Waals surface area contributed by atoms with Crippen molar-refractivity contribution in [3.63, 3.8) is 0 Å². The second kappa shape index (κ2) is 12.3. The number of carboxylic acid groups (broad SMARTS) is 1. The van der Waals surface area contributed by atoms with Crippen LogP contribution in [0.5, 0.6) is 5.75 Å². The largest absolute Gasteiger partial charge is 0.487 e. The first-order chi connectivity index (χ1) is 20.8. The van der Waals surface area contributed by atoms with Crippen molar-refractivity contribution in [1.82, 2.24) is 14.5 Å². The van der Waals surface area contributed by atoms with E-state index < -0.39 is 17.7 Å². The number of aryl methyl sites for hydroxylation is 1. The van der Waals surface area contributed by atoms with E-state index in [1.165, 1.54) is 6.07 Å². The lowest BCUT2D eigenvalue weighted by molar-refractivity contribution is -0.143. The minimum absolute atomic E-state index is 0.0479. The minimum Gasteiger partial charge on any atom is -0.487 e. The number of anilines is 1. The molecule has 2 fully saturated rings. The zero-order valence-corrected chi connectivity index (χ0v) is 24.7. The summed E-state index contributed by atoms with van der Waals surface area (Å²) in [6, 6.07) is 12.2. The molecule has 43 heavy (non-hydrogen) atoms. The molecule has 226 valence electrons. The van der Waals surface area contributed by atoms with Crippen molar-refractivity contribution >= 4 is 22.7 Å². The number of aromatic nitrogens is 3. The van der Waals surface area contributed by atoms with E-state index in [-0.39, 0.29) is 30.6 Å². The molecule has 9 heteroatoms. The summed E-state index contributed by atoms with van der Waals surface area (Å²) in [5.74, 6) is -0.556. The van der Waals surface area contributed by atoms with E-state index in [2.05, 4.69) is 16.8 Å². The van der Waals surface area contributed by atoms with E-state index in [4.69, 9.17) is 9.72 Å².